The standard InChI is InChI=1S/C14H21N7O2/c1-21-4-3-12(20-21)19-11-5-10(7-18-13(11)14(16)22)17-6-9(15)8-23-2/h3-5,7,9,17H,6,8,15H2,1-2H3,(H2,16,22)(H,19,20)/t9-/m1/s1. The summed E-state index contributed by atoms with van der Waals surface area (Å²) < 4.78 is 6.63. The summed E-state index contributed by atoms with van der Waals surface area (Å²) in [6.07, 6.45) is 3.31. The minimum absolute atomic E-state index is 0.141. The Labute approximate surface area is 134 Å². The molecule has 23 heavy (non-hydrogen) atoms. The summed E-state index contributed by atoms with van der Waals surface area (Å²) in [4.78, 5) is 15.6. The maximum absolute atomic E-state index is 11.5. The van der Waals surface area contributed by atoms with E-state index in [1.807, 2.05) is 0 Å². The zero-order valence-electron chi connectivity index (χ0n) is 13.1. The molecule has 0 aliphatic rings. The number of hydrogen-bond acceptors (Lipinski definition) is 7. The molecule has 0 spiro atoms. The predicted molar refractivity (Wildman–Crippen MR) is 87.6 cm³/mol. The minimum atomic E-state index is -0.619. The molecule has 2 heterocycles. The molecule has 0 fully saturated rings. The summed E-state index contributed by atoms with van der Waals surface area (Å²) in [5.41, 5.74) is 12.5. The number of aryl methyl sites for hydroxylation is 1. The first kappa shape index (κ1) is 16.7. The smallest absolute Gasteiger partial charge is 0.269 e. The van der Waals surface area contributed by atoms with Crippen LogP contribution in [0.2, 0.25) is 0 Å². The van der Waals surface area contributed by atoms with Crippen LogP contribution < -0.4 is 22.1 Å². The Morgan fingerprint density at radius 3 is 2.91 bits per heavy atom. The highest BCUT2D eigenvalue weighted by Crippen LogP contribution is 2.21. The number of rotatable bonds is 8. The molecule has 9 heteroatoms. The lowest BCUT2D eigenvalue weighted by molar-refractivity contribution is 0.0996. The molecule has 0 aliphatic heterocycles. The topological polar surface area (TPSA) is 133 Å². The van der Waals surface area contributed by atoms with Crippen LogP contribution in [-0.2, 0) is 11.8 Å². The Kier molecular flexibility index (Phi) is 5.50. The zero-order valence-corrected chi connectivity index (χ0v) is 13.1. The van der Waals surface area contributed by atoms with E-state index in [2.05, 4.69) is 20.7 Å². The number of hydrogen-bond donors (Lipinski definition) is 4. The number of nitrogens with zero attached hydrogens (tertiary/aromatic N) is 3. The molecule has 0 aromatic carbocycles. The van der Waals surface area contributed by atoms with Crippen molar-refractivity contribution >= 4 is 23.1 Å². The van der Waals surface area contributed by atoms with Crippen molar-refractivity contribution in [2.24, 2.45) is 18.5 Å². The van der Waals surface area contributed by atoms with Crippen LogP contribution in [0.15, 0.2) is 24.5 Å². The van der Waals surface area contributed by atoms with E-state index in [4.69, 9.17) is 16.2 Å². The SMILES string of the molecule is COC[C@H](N)CNc1cnc(C(N)=O)c(Nc2ccn(C)n2)c1. The molecule has 6 N–H and O–H groups in total. The number of ether oxygens (including phenoxy) is 1. The van der Waals surface area contributed by atoms with Gasteiger partial charge in [-0.15, -0.1) is 0 Å². The van der Waals surface area contributed by atoms with Gasteiger partial charge in [-0.1, -0.05) is 0 Å². The van der Waals surface area contributed by atoms with Gasteiger partial charge in [0.1, 0.15) is 0 Å². The molecule has 0 saturated carbocycles. The molecule has 9 nitrogen and oxygen atoms in total. The van der Waals surface area contributed by atoms with Gasteiger partial charge >= 0.3 is 0 Å². The maximum Gasteiger partial charge on any atom is 0.269 e. The number of carbonyl (C=O) groups is 1. The van der Waals surface area contributed by atoms with Crippen molar-refractivity contribution in [3.05, 3.63) is 30.2 Å². The van der Waals surface area contributed by atoms with Crippen LogP contribution in [0.25, 0.3) is 0 Å². The molecule has 2 rings (SSSR count). The summed E-state index contributed by atoms with van der Waals surface area (Å²) in [7, 11) is 3.39. The fourth-order valence-corrected chi connectivity index (χ4v) is 1.99. The molecule has 124 valence electrons. The van der Waals surface area contributed by atoms with Crippen molar-refractivity contribution in [1.82, 2.24) is 14.8 Å². The third kappa shape index (κ3) is 4.66. The third-order valence-electron chi connectivity index (χ3n) is 3.05. The van der Waals surface area contributed by atoms with Crippen LogP contribution in [0.1, 0.15) is 10.5 Å². The molecule has 1 atom stereocenters. The fourth-order valence-electron chi connectivity index (χ4n) is 1.99. The monoisotopic (exact) mass is 319 g/mol. The summed E-state index contributed by atoms with van der Waals surface area (Å²) >= 11 is 0. The lowest BCUT2D eigenvalue weighted by Crippen LogP contribution is -2.33. The van der Waals surface area contributed by atoms with Crippen LogP contribution in [0.3, 0.4) is 0 Å². The highest BCUT2D eigenvalue weighted by molar-refractivity contribution is 5.97. The van der Waals surface area contributed by atoms with Gasteiger partial charge in [0, 0.05) is 39.0 Å². The van der Waals surface area contributed by atoms with Crippen molar-refractivity contribution in [2.75, 3.05) is 30.9 Å². The Hall–Kier alpha value is -2.65. The summed E-state index contributed by atoms with van der Waals surface area (Å²) in [5.74, 6) is -0.0314. The van der Waals surface area contributed by atoms with Crippen LogP contribution in [0.5, 0.6) is 0 Å². The van der Waals surface area contributed by atoms with E-state index >= 15 is 0 Å². The lowest BCUT2D eigenvalue weighted by Gasteiger charge is -2.14. The molecular formula is C14H21N7O2. The second-order valence-electron chi connectivity index (χ2n) is 5.08. The Morgan fingerprint density at radius 1 is 1.52 bits per heavy atom. The van der Waals surface area contributed by atoms with E-state index < -0.39 is 5.91 Å². The average molecular weight is 319 g/mol. The normalized spacial score (nSPS) is 12.0. The van der Waals surface area contributed by atoms with E-state index in [0.717, 1.165) is 0 Å². The molecule has 1 amide bonds. The number of carbonyl (C=O) groups excluding carboxylic acids is 1. The second-order valence-corrected chi connectivity index (χ2v) is 5.08. The minimum Gasteiger partial charge on any atom is -0.383 e. The highest BCUT2D eigenvalue weighted by Gasteiger charge is 2.13. The molecule has 2 aromatic heterocycles. The van der Waals surface area contributed by atoms with Gasteiger partial charge in [0.2, 0.25) is 0 Å². The Morgan fingerprint density at radius 2 is 2.30 bits per heavy atom. The second kappa shape index (κ2) is 7.56. The van der Waals surface area contributed by atoms with E-state index in [9.17, 15) is 4.79 Å². The average Bonchev–Trinajstić information content (AvgIpc) is 2.90. The van der Waals surface area contributed by atoms with Gasteiger partial charge in [0.05, 0.1) is 24.2 Å². The van der Waals surface area contributed by atoms with Gasteiger partial charge in [-0.3, -0.25) is 9.48 Å². The van der Waals surface area contributed by atoms with Crippen LogP contribution >= 0.6 is 0 Å². The zero-order chi connectivity index (χ0) is 16.8. The Bertz CT molecular complexity index is 671. The largest absolute Gasteiger partial charge is 0.383 e. The van der Waals surface area contributed by atoms with Crippen LogP contribution in [0, 0.1) is 0 Å². The molecule has 0 radical (unpaired) electrons. The quantitative estimate of drug-likeness (QED) is 0.540. The first-order valence-electron chi connectivity index (χ1n) is 7.04. The summed E-state index contributed by atoms with van der Waals surface area (Å²) in [6, 6.07) is 3.36. The van der Waals surface area contributed by atoms with E-state index in [-0.39, 0.29) is 11.7 Å². The van der Waals surface area contributed by atoms with Gasteiger partial charge in [-0.05, 0) is 6.07 Å². The number of aromatic nitrogens is 3. The van der Waals surface area contributed by atoms with Crippen molar-refractivity contribution in [2.45, 2.75) is 6.04 Å². The number of nitrogens with one attached hydrogen (secondary N) is 2. The molecular weight excluding hydrogens is 298 g/mol. The van der Waals surface area contributed by atoms with E-state index in [1.165, 1.54) is 6.20 Å². The molecule has 2 aromatic rings. The van der Waals surface area contributed by atoms with Crippen molar-refractivity contribution in [1.29, 1.82) is 0 Å². The summed E-state index contributed by atoms with van der Waals surface area (Å²) in [5, 5.41) is 10.4. The molecule has 0 unspecified atom stereocenters. The van der Waals surface area contributed by atoms with E-state index in [1.54, 1.807) is 37.2 Å². The number of nitrogens with two attached hydrogens (primary N) is 2. The Balaban J connectivity index is 2.16. The van der Waals surface area contributed by atoms with Crippen molar-refractivity contribution in [3.63, 3.8) is 0 Å². The summed E-state index contributed by atoms with van der Waals surface area (Å²) in [6.45, 7) is 0.952. The van der Waals surface area contributed by atoms with Gasteiger partial charge in [-0.25, -0.2) is 4.98 Å². The predicted octanol–water partition coefficient (Wildman–Crippen LogP) is 0.0432. The number of methoxy groups -OCH3 is 1. The number of primary amides is 1. The third-order valence-corrected chi connectivity index (χ3v) is 3.05. The number of pyridine rings is 1. The maximum atomic E-state index is 11.5. The fraction of sp³-hybridized carbons (Fsp3) is 0.357. The first-order valence-corrected chi connectivity index (χ1v) is 7.04. The molecule has 0 bridgehead atoms. The van der Waals surface area contributed by atoms with Gasteiger partial charge in [0.25, 0.3) is 5.91 Å². The highest BCUT2D eigenvalue weighted by atomic mass is 16.5. The van der Waals surface area contributed by atoms with Crippen molar-refractivity contribution in [3.8, 4) is 0 Å². The number of anilines is 3. The number of amides is 1. The van der Waals surface area contributed by atoms with Crippen LogP contribution in [0.4, 0.5) is 17.2 Å². The van der Waals surface area contributed by atoms with Gasteiger partial charge in [-0.2, -0.15) is 5.10 Å². The van der Waals surface area contributed by atoms with E-state index in [0.29, 0.717) is 30.3 Å². The molecule has 0 aliphatic carbocycles. The van der Waals surface area contributed by atoms with Gasteiger partial charge in [0.15, 0.2) is 11.5 Å². The van der Waals surface area contributed by atoms with Gasteiger partial charge < -0.3 is 26.8 Å². The lowest BCUT2D eigenvalue weighted by atomic mass is 10.2. The van der Waals surface area contributed by atoms with Crippen molar-refractivity contribution < 1.29 is 9.53 Å². The molecule has 0 saturated heterocycles. The first-order chi connectivity index (χ1) is 11.0. The van der Waals surface area contributed by atoms with Crippen LogP contribution in [-0.4, -0.2) is 47.0 Å².